The number of aryl methyl sites for hydroxylation is 1. The van der Waals surface area contributed by atoms with Crippen LogP contribution in [-0.4, -0.2) is 20.7 Å². The highest BCUT2D eigenvalue weighted by Crippen LogP contribution is 2.26. The average Bonchev–Trinajstić information content (AvgIpc) is 3.25. The molecule has 2 aromatic heterocycles. The van der Waals surface area contributed by atoms with Crippen molar-refractivity contribution in [1.29, 1.82) is 5.26 Å². The molecular weight excluding hydrogens is 322 g/mol. The lowest BCUT2D eigenvalue weighted by molar-refractivity contribution is -0.122. The van der Waals surface area contributed by atoms with E-state index in [4.69, 9.17) is 5.26 Å². The molecule has 120 valence electrons. The second kappa shape index (κ2) is 7.06. The van der Waals surface area contributed by atoms with E-state index in [0.717, 1.165) is 16.0 Å². The van der Waals surface area contributed by atoms with Crippen LogP contribution in [0.5, 0.6) is 0 Å². The first kappa shape index (κ1) is 15.9. The third kappa shape index (κ3) is 3.50. The van der Waals surface area contributed by atoms with Gasteiger partial charge in [0.2, 0.25) is 11.7 Å². The predicted molar refractivity (Wildman–Crippen MR) is 90.2 cm³/mol. The van der Waals surface area contributed by atoms with Gasteiger partial charge in [0.15, 0.2) is 0 Å². The molecule has 0 radical (unpaired) electrons. The zero-order chi connectivity index (χ0) is 16.9. The number of nitriles is 1. The number of thiophene rings is 1. The maximum Gasteiger partial charge on any atom is 0.240 e. The Balaban J connectivity index is 1.81. The second-order valence-electron chi connectivity index (χ2n) is 5.32. The van der Waals surface area contributed by atoms with Crippen molar-refractivity contribution >= 4 is 17.2 Å². The van der Waals surface area contributed by atoms with Gasteiger partial charge < -0.3 is 5.32 Å². The molecule has 3 aromatic rings. The van der Waals surface area contributed by atoms with E-state index >= 15 is 0 Å². The minimum atomic E-state index is -0.222. The summed E-state index contributed by atoms with van der Waals surface area (Å²) in [6.07, 6.45) is 1.38. The number of carbonyl (C=O) groups excluding carboxylic acids is 1. The number of aromatic nitrogens is 3. The lowest BCUT2D eigenvalue weighted by atomic mass is 10.0. The molecule has 24 heavy (non-hydrogen) atoms. The summed E-state index contributed by atoms with van der Waals surface area (Å²) >= 11 is 1.59. The van der Waals surface area contributed by atoms with E-state index in [1.54, 1.807) is 11.3 Å². The van der Waals surface area contributed by atoms with Crippen LogP contribution >= 0.6 is 11.3 Å². The molecule has 1 atom stereocenters. The molecule has 0 saturated carbocycles. The quantitative estimate of drug-likeness (QED) is 0.775. The van der Waals surface area contributed by atoms with Crippen LogP contribution in [0.1, 0.15) is 27.9 Å². The fraction of sp³-hybridized carbons (Fsp3) is 0.176. The van der Waals surface area contributed by atoms with E-state index in [1.807, 2.05) is 54.8 Å². The molecule has 1 N–H and O–H groups in total. The summed E-state index contributed by atoms with van der Waals surface area (Å²) in [5, 5.41) is 21.3. The number of benzene rings is 1. The lowest BCUT2D eigenvalue weighted by Crippen LogP contribution is -2.32. The van der Waals surface area contributed by atoms with Gasteiger partial charge >= 0.3 is 0 Å². The SMILES string of the molecule is Cc1ccc([C@H](NC(=O)Cn2cnnc2C#N)c2cccs2)cc1. The molecule has 1 aromatic carbocycles. The summed E-state index contributed by atoms with van der Waals surface area (Å²) in [6, 6.07) is 13.7. The second-order valence-corrected chi connectivity index (χ2v) is 6.30. The zero-order valence-corrected chi connectivity index (χ0v) is 13.8. The Morgan fingerprint density at radius 2 is 2.17 bits per heavy atom. The fourth-order valence-electron chi connectivity index (χ4n) is 2.35. The monoisotopic (exact) mass is 337 g/mol. The Bertz CT molecular complexity index is 861. The van der Waals surface area contributed by atoms with E-state index < -0.39 is 0 Å². The molecule has 0 fully saturated rings. The first-order valence-electron chi connectivity index (χ1n) is 7.34. The van der Waals surface area contributed by atoms with E-state index in [-0.39, 0.29) is 24.3 Å². The van der Waals surface area contributed by atoms with Crippen molar-refractivity contribution in [2.45, 2.75) is 19.5 Å². The van der Waals surface area contributed by atoms with Crippen molar-refractivity contribution in [3.05, 3.63) is 69.9 Å². The minimum Gasteiger partial charge on any atom is -0.343 e. The largest absolute Gasteiger partial charge is 0.343 e. The predicted octanol–water partition coefficient (Wildman–Crippen LogP) is 2.43. The Morgan fingerprint density at radius 1 is 1.38 bits per heavy atom. The Kier molecular flexibility index (Phi) is 4.68. The maximum atomic E-state index is 12.4. The number of hydrogen-bond acceptors (Lipinski definition) is 5. The maximum absolute atomic E-state index is 12.4. The van der Waals surface area contributed by atoms with Crippen molar-refractivity contribution in [2.75, 3.05) is 0 Å². The average molecular weight is 337 g/mol. The topological polar surface area (TPSA) is 83.6 Å². The summed E-state index contributed by atoms with van der Waals surface area (Å²) in [6.45, 7) is 2.03. The Hall–Kier alpha value is -2.98. The van der Waals surface area contributed by atoms with Gasteiger partial charge in [0.25, 0.3) is 0 Å². The summed E-state index contributed by atoms with van der Waals surface area (Å²) in [5.74, 6) is -0.0848. The zero-order valence-electron chi connectivity index (χ0n) is 13.0. The van der Waals surface area contributed by atoms with Gasteiger partial charge in [0, 0.05) is 4.88 Å². The molecule has 7 heteroatoms. The summed E-state index contributed by atoms with van der Waals surface area (Å²) in [4.78, 5) is 13.5. The van der Waals surface area contributed by atoms with Gasteiger partial charge in [-0.1, -0.05) is 35.9 Å². The fourth-order valence-corrected chi connectivity index (χ4v) is 3.15. The van der Waals surface area contributed by atoms with Crippen LogP contribution in [0.15, 0.2) is 48.1 Å². The van der Waals surface area contributed by atoms with E-state index in [0.29, 0.717) is 0 Å². The highest BCUT2D eigenvalue weighted by atomic mass is 32.1. The van der Waals surface area contributed by atoms with Gasteiger partial charge in [-0.2, -0.15) is 5.26 Å². The lowest BCUT2D eigenvalue weighted by Gasteiger charge is -2.18. The van der Waals surface area contributed by atoms with Crippen molar-refractivity contribution in [2.24, 2.45) is 0 Å². The minimum absolute atomic E-state index is 0.00360. The molecule has 0 saturated heterocycles. The van der Waals surface area contributed by atoms with Gasteiger partial charge in [-0.05, 0) is 23.9 Å². The molecule has 2 heterocycles. The molecule has 0 aliphatic rings. The summed E-state index contributed by atoms with van der Waals surface area (Å²) in [5.41, 5.74) is 2.18. The molecule has 0 aliphatic heterocycles. The van der Waals surface area contributed by atoms with Crippen molar-refractivity contribution in [3.8, 4) is 6.07 Å². The summed E-state index contributed by atoms with van der Waals surface area (Å²) in [7, 11) is 0. The van der Waals surface area contributed by atoms with Crippen LogP contribution in [0.4, 0.5) is 0 Å². The number of hydrogen-bond donors (Lipinski definition) is 1. The number of rotatable bonds is 5. The van der Waals surface area contributed by atoms with Crippen LogP contribution in [0.25, 0.3) is 0 Å². The summed E-state index contributed by atoms with van der Waals surface area (Å²) < 4.78 is 1.43. The van der Waals surface area contributed by atoms with Crippen LogP contribution in [-0.2, 0) is 11.3 Å². The first-order chi connectivity index (χ1) is 11.7. The van der Waals surface area contributed by atoms with Gasteiger partial charge in [-0.3, -0.25) is 9.36 Å². The number of nitrogens with zero attached hydrogens (tertiary/aromatic N) is 4. The molecule has 6 nitrogen and oxygen atoms in total. The van der Waals surface area contributed by atoms with Crippen LogP contribution < -0.4 is 5.32 Å². The van der Waals surface area contributed by atoms with Gasteiger partial charge in [-0.25, -0.2) is 0 Å². The van der Waals surface area contributed by atoms with E-state index in [1.165, 1.54) is 10.9 Å². The number of amides is 1. The first-order valence-corrected chi connectivity index (χ1v) is 8.22. The van der Waals surface area contributed by atoms with Crippen molar-refractivity contribution in [3.63, 3.8) is 0 Å². The standard InChI is InChI=1S/C17H15N5OS/c1-12-4-6-13(7-5-12)17(14-3-2-8-24-14)20-16(23)10-22-11-19-21-15(22)9-18/h2-8,11,17H,10H2,1H3,(H,20,23)/t17-/m0/s1. The van der Waals surface area contributed by atoms with Crippen LogP contribution in [0, 0.1) is 18.3 Å². The van der Waals surface area contributed by atoms with Gasteiger partial charge in [0.1, 0.15) is 18.9 Å². The molecule has 1 amide bonds. The molecular formula is C17H15N5OS. The van der Waals surface area contributed by atoms with Crippen LogP contribution in [0.3, 0.4) is 0 Å². The smallest absolute Gasteiger partial charge is 0.240 e. The van der Waals surface area contributed by atoms with E-state index in [9.17, 15) is 4.79 Å². The Morgan fingerprint density at radius 3 is 2.83 bits per heavy atom. The molecule has 0 spiro atoms. The molecule has 0 unspecified atom stereocenters. The molecule has 0 bridgehead atoms. The third-order valence-corrected chi connectivity index (χ3v) is 4.51. The number of nitrogens with one attached hydrogen (secondary N) is 1. The van der Waals surface area contributed by atoms with E-state index in [2.05, 4.69) is 15.5 Å². The highest BCUT2D eigenvalue weighted by molar-refractivity contribution is 7.10. The molecule has 0 aliphatic carbocycles. The Labute approximate surface area is 143 Å². The van der Waals surface area contributed by atoms with Crippen molar-refractivity contribution in [1.82, 2.24) is 20.1 Å². The van der Waals surface area contributed by atoms with Gasteiger partial charge in [-0.15, -0.1) is 21.5 Å². The van der Waals surface area contributed by atoms with Gasteiger partial charge in [0.05, 0.1) is 6.04 Å². The normalized spacial score (nSPS) is 11.7. The van der Waals surface area contributed by atoms with Crippen molar-refractivity contribution < 1.29 is 4.79 Å². The van der Waals surface area contributed by atoms with Crippen LogP contribution in [0.2, 0.25) is 0 Å². The number of carbonyl (C=O) groups is 1. The highest BCUT2D eigenvalue weighted by Gasteiger charge is 2.18. The third-order valence-electron chi connectivity index (χ3n) is 3.57. The molecule has 3 rings (SSSR count).